The van der Waals surface area contributed by atoms with Gasteiger partial charge in [-0.15, -0.1) is 0 Å². The molecule has 2 amide bonds. The molecular weight excluding hydrogens is 347 g/mol. The zero-order chi connectivity index (χ0) is 17.9. The predicted octanol–water partition coefficient (Wildman–Crippen LogP) is 1.70. The van der Waals surface area contributed by atoms with Crippen molar-refractivity contribution >= 4 is 15.9 Å². The molecule has 0 unspecified atom stereocenters. The van der Waals surface area contributed by atoms with Gasteiger partial charge in [0.1, 0.15) is 5.82 Å². The Morgan fingerprint density at radius 1 is 1.36 bits per heavy atom. The standard InChI is InChI=1S/C17H23FN2O4S/c18-14-4-1-3-13(9-14)10-20(11-16-5-2-7-24-16)17(21)19-15-6-8-25(22,23)12-15/h1,3-4,9,15-16H,2,5-8,10-12H2,(H,19,21)/t15-,16+/m1/s1. The number of halogens is 1. The zero-order valence-corrected chi connectivity index (χ0v) is 14.8. The number of nitrogens with zero attached hydrogens (tertiary/aromatic N) is 1. The lowest BCUT2D eigenvalue weighted by Crippen LogP contribution is -2.47. The minimum absolute atomic E-state index is 0.0214. The summed E-state index contributed by atoms with van der Waals surface area (Å²) in [6, 6.07) is 5.43. The summed E-state index contributed by atoms with van der Waals surface area (Å²) in [6.45, 7) is 1.34. The molecule has 0 bridgehead atoms. The van der Waals surface area contributed by atoms with Crippen LogP contribution in [0.3, 0.4) is 0 Å². The number of carbonyl (C=O) groups is 1. The second kappa shape index (κ2) is 7.70. The minimum Gasteiger partial charge on any atom is -0.376 e. The summed E-state index contributed by atoms with van der Waals surface area (Å²) in [5.41, 5.74) is 0.687. The van der Waals surface area contributed by atoms with Crippen molar-refractivity contribution in [2.24, 2.45) is 0 Å². The Balaban J connectivity index is 1.67. The second-order valence-corrected chi connectivity index (χ2v) is 8.92. The second-order valence-electron chi connectivity index (χ2n) is 6.69. The summed E-state index contributed by atoms with van der Waals surface area (Å²) in [7, 11) is -3.06. The number of sulfone groups is 1. The first kappa shape index (κ1) is 18.1. The van der Waals surface area contributed by atoms with Crippen LogP contribution in [0.25, 0.3) is 0 Å². The molecule has 0 radical (unpaired) electrons. The maximum absolute atomic E-state index is 13.4. The lowest BCUT2D eigenvalue weighted by atomic mass is 10.2. The van der Waals surface area contributed by atoms with Gasteiger partial charge >= 0.3 is 6.03 Å². The fourth-order valence-electron chi connectivity index (χ4n) is 3.28. The van der Waals surface area contributed by atoms with Gasteiger partial charge in [-0.2, -0.15) is 0 Å². The Hall–Kier alpha value is -1.67. The number of nitrogens with one attached hydrogen (secondary N) is 1. The van der Waals surface area contributed by atoms with Crippen LogP contribution < -0.4 is 5.32 Å². The molecule has 3 rings (SSSR count). The first-order chi connectivity index (χ1) is 11.9. The third-order valence-corrected chi connectivity index (χ3v) is 6.33. The lowest BCUT2D eigenvalue weighted by Gasteiger charge is -2.27. The molecule has 6 nitrogen and oxygen atoms in total. The summed E-state index contributed by atoms with van der Waals surface area (Å²) in [6.07, 6.45) is 2.24. The molecule has 2 atom stereocenters. The number of benzene rings is 1. The van der Waals surface area contributed by atoms with Gasteiger partial charge in [0.2, 0.25) is 0 Å². The molecule has 0 spiro atoms. The van der Waals surface area contributed by atoms with E-state index in [1.54, 1.807) is 17.0 Å². The molecule has 2 fully saturated rings. The summed E-state index contributed by atoms with van der Waals surface area (Å²) in [4.78, 5) is 14.2. The van der Waals surface area contributed by atoms with Gasteiger partial charge in [0.05, 0.1) is 17.6 Å². The van der Waals surface area contributed by atoms with E-state index in [1.165, 1.54) is 12.1 Å². The van der Waals surface area contributed by atoms with Crippen molar-refractivity contribution in [1.82, 2.24) is 10.2 Å². The highest BCUT2D eigenvalue weighted by Crippen LogP contribution is 2.17. The van der Waals surface area contributed by atoms with Crippen molar-refractivity contribution in [2.45, 2.75) is 38.0 Å². The van der Waals surface area contributed by atoms with Gasteiger partial charge in [0.25, 0.3) is 0 Å². The maximum Gasteiger partial charge on any atom is 0.318 e. The Morgan fingerprint density at radius 3 is 2.84 bits per heavy atom. The number of rotatable bonds is 5. The van der Waals surface area contributed by atoms with Gasteiger partial charge in [-0.25, -0.2) is 17.6 Å². The lowest BCUT2D eigenvalue weighted by molar-refractivity contribution is 0.0790. The van der Waals surface area contributed by atoms with Crippen LogP contribution in [0, 0.1) is 5.82 Å². The average Bonchev–Trinajstić information content (AvgIpc) is 3.16. The zero-order valence-electron chi connectivity index (χ0n) is 14.0. The number of hydrogen-bond donors (Lipinski definition) is 1. The summed E-state index contributed by atoms with van der Waals surface area (Å²) in [5.74, 6) is -0.267. The van der Waals surface area contributed by atoms with Crippen LogP contribution in [0.15, 0.2) is 24.3 Å². The van der Waals surface area contributed by atoms with Crippen LogP contribution in [0.4, 0.5) is 9.18 Å². The van der Waals surface area contributed by atoms with Crippen LogP contribution in [0.1, 0.15) is 24.8 Å². The highest BCUT2D eigenvalue weighted by Gasteiger charge is 2.31. The van der Waals surface area contributed by atoms with Crippen LogP contribution in [-0.2, 0) is 21.1 Å². The Labute approximate surface area is 147 Å². The Bertz CT molecular complexity index is 719. The number of ether oxygens (including phenoxy) is 1. The van der Waals surface area contributed by atoms with E-state index in [-0.39, 0.29) is 42.0 Å². The largest absolute Gasteiger partial charge is 0.376 e. The van der Waals surface area contributed by atoms with Crippen molar-refractivity contribution in [3.05, 3.63) is 35.6 Å². The molecule has 138 valence electrons. The molecule has 25 heavy (non-hydrogen) atoms. The van der Waals surface area contributed by atoms with E-state index in [0.29, 0.717) is 25.1 Å². The maximum atomic E-state index is 13.4. The van der Waals surface area contributed by atoms with Crippen molar-refractivity contribution in [1.29, 1.82) is 0 Å². The first-order valence-electron chi connectivity index (χ1n) is 8.53. The van der Waals surface area contributed by atoms with Gasteiger partial charge in [0.15, 0.2) is 9.84 Å². The highest BCUT2D eigenvalue weighted by atomic mass is 32.2. The van der Waals surface area contributed by atoms with E-state index in [4.69, 9.17) is 4.74 Å². The normalized spacial score (nSPS) is 25.0. The SMILES string of the molecule is O=C(N[C@@H]1CCS(=O)(=O)C1)N(Cc1cccc(F)c1)C[C@@H]1CCCO1. The fraction of sp³-hybridized carbons (Fsp3) is 0.588. The first-order valence-corrected chi connectivity index (χ1v) is 10.4. The molecule has 2 aliphatic heterocycles. The van der Waals surface area contributed by atoms with E-state index >= 15 is 0 Å². The number of hydrogen-bond acceptors (Lipinski definition) is 4. The Kier molecular flexibility index (Phi) is 5.58. The van der Waals surface area contributed by atoms with Crippen molar-refractivity contribution in [3.63, 3.8) is 0 Å². The molecule has 0 saturated carbocycles. The third kappa shape index (κ3) is 5.15. The van der Waals surface area contributed by atoms with Crippen molar-refractivity contribution < 1.29 is 22.3 Å². The molecular formula is C17H23FN2O4S. The van der Waals surface area contributed by atoms with Crippen molar-refractivity contribution in [3.8, 4) is 0 Å². The highest BCUT2D eigenvalue weighted by molar-refractivity contribution is 7.91. The topological polar surface area (TPSA) is 75.7 Å². The van der Waals surface area contributed by atoms with E-state index in [0.717, 1.165) is 12.8 Å². The number of urea groups is 1. The molecule has 1 aromatic rings. The quantitative estimate of drug-likeness (QED) is 0.856. The minimum atomic E-state index is -3.06. The summed E-state index contributed by atoms with van der Waals surface area (Å²) >= 11 is 0. The van der Waals surface area contributed by atoms with Gasteiger partial charge in [-0.1, -0.05) is 12.1 Å². The fourth-order valence-corrected chi connectivity index (χ4v) is 4.96. The number of amides is 2. The molecule has 1 aromatic carbocycles. The molecule has 8 heteroatoms. The smallest absolute Gasteiger partial charge is 0.318 e. The molecule has 0 aromatic heterocycles. The van der Waals surface area contributed by atoms with Crippen LogP contribution >= 0.6 is 0 Å². The summed E-state index contributed by atoms with van der Waals surface area (Å²) in [5, 5.41) is 2.80. The van der Waals surface area contributed by atoms with Crippen LogP contribution in [0.5, 0.6) is 0 Å². The van der Waals surface area contributed by atoms with E-state index in [9.17, 15) is 17.6 Å². The monoisotopic (exact) mass is 370 g/mol. The molecule has 0 aliphatic carbocycles. The van der Waals surface area contributed by atoms with Gasteiger partial charge in [0, 0.05) is 25.7 Å². The van der Waals surface area contributed by atoms with Crippen LogP contribution in [0.2, 0.25) is 0 Å². The number of carbonyl (C=O) groups excluding carboxylic acids is 1. The molecule has 2 saturated heterocycles. The molecule has 2 heterocycles. The average molecular weight is 370 g/mol. The summed E-state index contributed by atoms with van der Waals surface area (Å²) < 4.78 is 42.2. The van der Waals surface area contributed by atoms with E-state index in [2.05, 4.69) is 5.32 Å². The molecule has 2 aliphatic rings. The van der Waals surface area contributed by atoms with E-state index in [1.807, 2.05) is 0 Å². The molecule has 1 N–H and O–H groups in total. The van der Waals surface area contributed by atoms with Gasteiger partial charge in [-0.3, -0.25) is 0 Å². The van der Waals surface area contributed by atoms with Crippen molar-refractivity contribution in [2.75, 3.05) is 24.7 Å². The van der Waals surface area contributed by atoms with E-state index < -0.39 is 9.84 Å². The Morgan fingerprint density at radius 2 is 2.20 bits per heavy atom. The van der Waals surface area contributed by atoms with Crippen LogP contribution in [-0.4, -0.2) is 56.2 Å². The van der Waals surface area contributed by atoms with Gasteiger partial charge in [-0.05, 0) is 37.0 Å². The van der Waals surface area contributed by atoms with Gasteiger partial charge < -0.3 is 15.0 Å². The predicted molar refractivity (Wildman–Crippen MR) is 91.4 cm³/mol. The third-order valence-electron chi connectivity index (χ3n) is 4.56.